The van der Waals surface area contributed by atoms with Gasteiger partial charge in [0.15, 0.2) is 5.41 Å². The second-order valence-electron chi connectivity index (χ2n) is 2.97. The van der Waals surface area contributed by atoms with E-state index in [9.17, 15) is 9.59 Å². The van der Waals surface area contributed by atoms with Crippen molar-refractivity contribution in [2.75, 3.05) is 0 Å². The van der Waals surface area contributed by atoms with Crippen LogP contribution in [0, 0.1) is 11.3 Å². The van der Waals surface area contributed by atoms with Crippen molar-refractivity contribution in [2.24, 2.45) is 11.3 Å². The Morgan fingerprint density at radius 2 is 1.42 bits per heavy atom. The summed E-state index contributed by atoms with van der Waals surface area (Å²) >= 11 is 0. The van der Waals surface area contributed by atoms with Gasteiger partial charge < -0.3 is 10.2 Å². The van der Waals surface area contributed by atoms with Gasteiger partial charge >= 0.3 is 49.7 Å². The summed E-state index contributed by atoms with van der Waals surface area (Å²) in [5, 5.41) is 17.2. The molecule has 0 saturated heterocycles. The van der Waals surface area contributed by atoms with E-state index in [4.69, 9.17) is 10.2 Å². The maximum absolute atomic E-state index is 10.5. The molecule has 0 heterocycles. The first-order valence-corrected chi connectivity index (χ1v) is 3.30. The van der Waals surface area contributed by atoms with Gasteiger partial charge in [-0.25, -0.2) is 0 Å². The molecule has 0 aromatic carbocycles. The van der Waals surface area contributed by atoms with Gasteiger partial charge in [-0.05, 0) is 12.8 Å². The molecule has 2 N–H and O–H groups in total. The molecule has 0 aliphatic rings. The van der Waals surface area contributed by atoms with Crippen LogP contribution in [0.2, 0.25) is 0 Å². The molecule has 0 aromatic rings. The van der Waals surface area contributed by atoms with Gasteiger partial charge in [0.25, 0.3) is 0 Å². The van der Waals surface area contributed by atoms with Crippen molar-refractivity contribution < 1.29 is 19.8 Å². The fourth-order valence-corrected chi connectivity index (χ4v) is 0.585. The fraction of sp³-hybridized carbons (Fsp3) is 0.714. The van der Waals surface area contributed by atoms with Gasteiger partial charge in [0, 0.05) is 0 Å². The third-order valence-electron chi connectivity index (χ3n) is 2.04. The number of carboxylic acids is 2. The monoisotopic (exact) mass is 202 g/mol. The van der Waals surface area contributed by atoms with Crippen LogP contribution in [-0.2, 0) is 9.59 Å². The van der Waals surface area contributed by atoms with Gasteiger partial charge in [-0.2, -0.15) is 0 Å². The number of hydrogen-bond donors (Lipinski definition) is 2. The number of aliphatic carboxylic acids is 2. The average molecular weight is 202 g/mol. The molecule has 12 heavy (non-hydrogen) atoms. The molecule has 0 unspecified atom stereocenters. The Hall–Kier alpha value is 0.200. The van der Waals surface area contributed by atoms with Crippen molar-refractivity contribution in [3.63, 3.8) is 0 Å². The van der Waals surface area contributed by atoms with E-state index in [0.29, 0.717) is 0 Å². The topological polar surface area (TPSA) is 74.6 Å². The molecule has 4 nitrogen and oxygen atoms in total. The van der Waals surface area contributed by atoms with Crippen LogP contribution in [0.25, 0.3) is 0 Å². The Morgan fingerprint density at radius 3 is 1.42 bits per heavy atom. The normalized spacial score (nSPS) is 10.7. The van der Waals surface area contributed by atoms with E-state index in [1.807, 2.05) is 0 Å². The van der Waals surface area contributed by atoms with Gasteiger partial charge in [-0.3, -0.25) is 9.59 Å². The number of hydrogen-bond acceptors (Lipinski definition) is 2. The first-order valence-electron chi connectivity index (χ1n) is 3.30. The van der Waals surface area contributed by atoms with Crippen molar-refractivity contribution >= 4 is 49.7 Å². The molecule has 0 bridgehead atoms. The molecule has 0 aliphatic carbocycles. The van der Waals surface area contributed by atoms with E-state index < -0.39 is 23.3 Å². The van der Waals surface area contributed by atoms with Gasteiger partial charge in [-0.1, -0.05) is 13.8 Å². The molecule has 0 amide bonds. The molecule has 0 saturated carbocycles. The molecule has 0 aliphatic heterocycles. The van der Waals surface area contributed by atoms with Crippen LogP contribution in [0.4, 0.5) is 0 Å². The summed E-state index contributed by atoms with van der Waals surface area (Å²) in [7, 11) is 0. The molecule has 0 fully saturated rings. The Balaban J connectivity index is 0. The fourth-order valence-electron chi connectivity index (χ4n) is 0.585. The minimum absolute atomic E-state index is 0. The summed E-state index contributed by atoms with van der Waals surface area (Å²) in [4.78, 5) is 21.0. The van der Waals surface area contributed by atoms with Crippen LogP contribution in [-0.4, -0.2) is 59.9 Å². The van der Waals surface area contributed by atoms with Gasteiger partial charge in [0.2, 0.25) is 0 Å². The summed E-state index contributed by atoms with van der Waals surface area (Å²) in [6, 6.07) is 0. The van der Waals surface area contributed by atoms with Crippen molar-refractivity contribution in [3.05, 3.63) is 0 Å². The molecule has 0 radical (unpaired) electrons. The maximum atomic E-state index is 10.5. The van der Waals surface area contributed by atoms with Gasteiger partial charge in [0.1, 0.15) is 0 Å². The Morgan fingerprint density at radius 1 is 1.17 bits per heavy atom. The molecule has 68 valence electrons. The molecule has 0 rings (SSSR count). The Labute approximate surface area is 101 Å². The SMILES string of the molecule is CC(C)C(C)(C(=O)O)C(=O)O.[CaH2]. The van der Waals surface area contributed by atoms with Crippen LogP contribution in [0.5, 0.6) is 0 Å². The van der Waals surface area contributed by atoms with E-state index in [1.165, 1.54) is 6.92 Å². The number of carboxylic acid groups (broad SMARTS) is 2. The second kappa shape index (κ2) is 5.04. The zero-order valence-corrected chi connectivity index (χ0v) is 6.79. The summed E-state index contributed by atoms with van der Waals surface area (Å²) in [6.07, 6.45) is 0. The Kier molecular flexibility index (Phi) is 6.18. The molecule has 0 spiro atoms. The van der Waals surface area contributed by atoms with Crippen LogP contribution in [0.1, 0.15) is 20.8 Å². The van der Waals surface area contributed by atoms with Crippen molar-refractivity contribution in [3.8, 4) is 0 Å². The average Bonchev–Trinajstić information content (AvgIpc) is 1.84. The van der Waals surface area contributed by atoms with E-state index in [-0.39, 0.29) is 37.7 Å². The van der Waals surface area contributed by atoms with Crippen molar-refractivity contribution in [2.45, 2.75) is 20.8 Å². The minimum atomic E-state index is -1.67. The first-order chi connectivity index (χ1) is 4.83. The van der Waals surface area contributed by atoms with E-state index in [1.54, 1.807) is 13.8 Å². The van der Waals surface area contributed by atoms with Crippen LogP contribution >= 0.6 is 0 Å². The molecular weight excluding hydrogens is 188 g/mol. The third-order valence-corrected chi connectivity index (χ3v) is 2.04. The summed E-state index contributed by atoms with van der Waals surface area (Å²) in [6.45, 7) is 4.35. The molecule has 0 atom stereocenters. The van der Waals surface area contributed by atoms with E-state index >= 15 is 0 Å². The zero-order valence-electron chi connectivity index (χ0n) is 6.79. The van der Waals surface area contributed by atoms with E-state index in [0.717, 1.165) is 0 Å². The van der Waals surface area contributed by atoms with Crippen molar-refractivity contribution in [1.82, 2.24) is 0 Å². The summed E-state index contributed by atoms with van der Waals surface area (Å²) in [5.41, 5.74) is -1.67. The van der Waals surface area contributed by atoms with Gasteiger partial charge in [-0.15, -0.1) is 0 Å². The van der Waals surface area contributed by atoms with Gasteiger partial charge in [0.05, 0.1) is 0 Å². The number of rotatable bonds is 3. The van der Waals surface area contributed by atoms with Crippen LogP contribution in [0.3, 0.4) is 0 Å². The number of carbonyl (C=O) groups is 2. The summed E-state index contributed by atoms with van der Waals surface area (Å²) < 4.78 is 0. The molecule has 0 aromatic heterocycles. The zero-order chi connectivity index (χ0) is 9.23. The van der Waals surface area contributed by atoms with Crippen LogP contribution in [0.15, 0.2) is 0 Å². The quantitative estimate of drug-likeness (QED) is 0.495. The Bertz CT molecular complexity index is 174. The molecular formula is C7H14CaO4. The summed E-state index contributed by atoms with van der Waals surface area (Å²) in [5.74, 6) is -3.00. The van der Waals surface area contributed by atoms with Crippen molar-refractivity contribution in [1.29, 1.82) is 0 Å². The standard InChI is InChI=1S/C7H12O4.Ca.2H/c1-4(2)7(3,5(8)9)6(10)11;;;/h4H,1-3H3,(H,8,9)(H,10,11);;;. The predicted octanol–water partition coefficient (Wildman–Crippen LogP) is -0.0983. The molecule has 5 heteroatoms. The van der Waals surface area contributed by atoms with E-state index in [2.05, 4.69) is 0 Å². The first kappa shape index (κ1) is 14.7. The van der Waals surface area contributed by atoms with Crippen LogP contribution < -0.4 is 0 Å². The second-order valence-corrected chi connectivity index (χ2v) is 2.97. The predicted molar refractivity (Wildman–Crippen MR) is 46.8 cm³/mol. The third kappa shape index (κ3) is 2.61.